The summed E-state index contributed by atoms with van der Waals surface area (Å²) < 4.78 is 1.69. The third kappa shape index (κ3) is 2.77. The second-order valence-electron chi connectivity index (χ2n) is 3.43. The SMILES string of the molecule is Cn1ccc(CNc2cncc(C(=O)O)n2)n1. The Morgan fingerprint density at radius 1 is 1.53 bits per heavy atom. The molecule has 0 radical (unpaired) electrons. The second-order valence-corrected chi connectivity index (χ2v) is 3.43. The van der Waals surface area contributed by atoms with Crippen LogP contribution in [0, 0.1) is 0 Å². The smallest absolute Gasteiger partial charge is 0.356 e. The number of carbonyl (C=O) groups is 1. The maximum Gasteiger partial charge on any atom is 0.356 e. The highest BCUT2D eigenvalue weighted by molar-refractivity contribution is 5.85. The van der Waals surface area contributed by atoms with E-state index in [9.17, 15) is 4.79 Å². The molecule has 0 bridgehead atoms. The van der Waals surface area contributed by atoms with E-state index < -0.39 is 5.97 Å². The summed E-state index contributed by atoms with van der Waals surface area (Å²) in [7, 11) is 1.83. The zero-order valence-corrected chi connectivity index (χ0v) is 9.16. The number of rotatable bonds is 4. The van der Waals surface area contributed by atoms with Crippen LogP contribution in [0.25, 0.3) is 0 Å². The van der Waals surface area contributed by atoms with Crippen LogP contribution in [-0.4, -0.2) is 30.8 Å². The molecular formula is C10H11N5O2. The molecule has 0 aliphatic rings. The first-order valence-corrected chi connectivity index (χ1v) is 4.93. The largest absolute Gasteiger partial charge is 0.476 e. The molecule has 0 atom stereocenters. The van der Waals surface area contributed by atoms with Crippen LogP contribution in [0.3, 0.4) is 0 Å². The zero-order valence-electron chi connectivity index (χ0n) is 9.16. The van der Waals surface area contributed by atoms with Crippen molar-refractivity contribution in [2.45, 2.75) is 6.54 Å². The van der Waals surface area contributed by atoms with Gasteiger partial charge in [-0.2, -0.15) is 5.10 Å². The van der Waals surface area contributed by atoms with Crippen LogP contribution in [0.1, 0.15) is 16.2 Å². The zero-order chi connectivity index (χ0) is 12.3. The molecule has 0 unspecified atom stereocenters. The summed E-state index contributed by atoms with van der Waals surface area (Å²) in [6.07, 6.45) is 4.50. The lowest BCUT2D eigenvalue weighted by molar-refractivity contribution is 0.0690. The summed E-state index contributed by atoms with van der Waals surface area (Å²) in [6.45, 7) is 0.471. The van der Waals surface area contributed by atoms with Crippen LogP contribution in [0.2, 0.25) is 0 Å². The van der Waals surface area contributed by atoms with Crippen molar-refractivity contribution in [1.29, 1.82) is 0 Å². The quantitative estimate of drug-likeness (QED) is 0.799. The first-order valence-electron chi connectivity index (χ1n) is 4.93. The van der Waals surface area contributed by atoms with E-state index in [0.717, 1.165) is 5.69 Å². The molecule has 2 aromatic heterocycles. The lowest BCUT2D eigenvalue weighted by Gasteiger charge is -2.03. The summed E-state index contributed by atoms with van der Waals surface area (Å²) in [5.74, 6) is -0.686. The topological polar surface area (TPSA) is 92.9 Å². The van der Waals surface area contributed by atoms with Gasteiger partial charge in [0, 0.05) is 13.2 Å². The molecule has 0 saturated carbocycles. The van der Waals surface area contributed by atoms with Crippen LogP contribution in [-0.2, 0) is 13.6 Å². The third-order valence-electron chi connectivity index (χ3n) is 2.07. The normalized spacial score (nSPS) is 10.2. The molecule has 88 valence electrons. The number of hydrogen-bond donors (Lipinski definition) is 2. The molecule has 0 aromatic carbocycles. The minimum absolute atomic E-state index is 0.0870. The van der Waals surface area contributed by atoms with Crippen molar-refractivity contribution >= 4 is 11.8 Å². The number of nitrogens with zero attached hydrogens (tertiary/aromatic N) is 4. The molecule has 2 N–H and O–H groups in total. The van der Waals surface area contributed by atoms with E-state index in [4.69, 9.17) is 5.11 Å². The first kappa shape index (κ1) is 11.1. The molecule has 0 amide bonds. The van der Waals surface area contributed by atoms with Crippen LogP contribution >= 0.6 is 0 Å². The average Bonchev–Trinajstić information content (AvgIpc) is 2.73. The summed E-state index contributed by atoms with van der Waals surface area (Å²) in [6, 6.07) is 1.86. The highest BCUT2D eigenvalue weighted by Crippen LogP contribution is 2.04. The number of anilines is 1. The number of aromatic nitrogens is 4. The third-order valence-corrected chi connectivity index (χ3v) is 2.07. The van der Waals surface area contributed by atoms with Crippen molar-refractivity contribution in [3.05, 3.63) is 36.0 Å². The Balaban J connectivity index is 2.04. The van der Waals surface area contributed by atoms with E-state index in [-0.39, 0.29) is 5.69 Å². The van der Waals surface area contributed by atoms with Gasteiger partial charge in [0.1, 0.15) is 5.82 Å². The van der Waals surface area contributed by atoms with Gasteiger partial charge < -0.3 is 10.4 Å². The molecule has 2 heterocycles. The highest BCUT2D eigenvalue weighted by Gasteiger charge is 2.06. The summed E-state index contributed by atoms with van der Waals surface area (Å²) in [5.41, 5.74) is 0.756. The molecular weight excluding hydrogens is 222 g/mol. The van der Waals surface area contributed by atoms with E-state index in [1.54, 1.807) is 4.68 Å². The fourth-order valence-corrected chi connectivity index (χ4v) is 1.29. The van der Waals surface area contributed by atoms with Gasteiger partial charge in [-0.1, -0.05) is 0 Å². The maximum absolute atomic E-state index is 10.7. The summed E-state index contributed by atoms with van der Waals surface area (Å²) in [4.78, 5) is 18.4. The Hall–Kier alpha value is -2.44. The van der Waals surface area contributed by atoms with Gasteiger partial charge in [-0.15, -0.1) is 0 Å². The Morgan fingerprint density at radius 3 is 3.00 bits per heavy atom. The number of aryl methyl sites for hydroxylation is 1. The van der Waals surface area contributed by atoms with Crippen LogP contribution < -0.4 is 5.32 Å². The summed E-state index contributed by atoms with van der Waals surface area (Å²) in [5, 5.41) is 15.9. The van der Waals surface area contributed by atoms with Gasteiger partial charge in [-0.3, -0.25) is 9.67 Å². The highest BCUT2D eigenvalue weighted by atomic mass is 16.4. The molecule has 0 aliphatic carbocycles. The molecule has 0 spiro atoms. The van der Waals surface area contributed by atoms with E-state index >= 15 is 0 Å². The van der Waals surface area contributed by atoms with Crippen molar-refractivity contribution in [2.75, 3.05) is 5.32 Å². The molecule has 2 rings (SSSR count). The van der Waals surface area contributed by atoms with Crippen molar-refractivity contribution in [2.24, 2.45) is 7.05 Å². The maximum atomic E-state index is 10.7. The van der Waals surface area contributed by atoms with Crippen molar-refractivity contribution in [3.63, 3.8) is 0 Å². The van der Waals surface area contributed by atoms with Gasteiger partial charge in [0.2, 0.25) is 0 Å². The molecule has 7 nitrogen and oxygen atoms in total. The van der Waals surface area contributed by atoms with Crippen LogP contribution in [0.5, 0.6) is 0 Å². The Morgan fingerprint density at radius 2 is 2.35 bits per heavy atom. The molecule has 17 heavy (non-hydrogen) atoms. The van der Waals surface area contributed by atoms with Crippen molar-refractivity contribution < 1.29 is 9.90 Å². The van der Waals surface area contributed by atoms with Gasteiger partial charge >= 0.3 is 5.97 Å². The Labute approximate surface area is 97.1 Å². The fourth-order valence-electron chi connectivity index (χ4n) is 1.29. The number of nitrogens with one attached hydrogen (secondary N) is 1. The fraction of sp³-hybridized carbons (Fsp3) is 0.200. The van der Waals surface area contributed by atoms with E-state index in [1.807, 2.05) is 19.3 Å². The minimum Gasteiger partial charge on any atom is -0.476 e. The molecule has 0 fully saturated rings. The van der Waals surface area contributed by atoms with E-state index in [1.165, 1.54) is 12.4 Å². The lowest BCUT2D eigenvalue weighted by atomic mass is 10.4. The van der Waals surface area contributed by atoms with Crippen LogP contribution in [0.15, 0.2) is 24.7 Å². The second kappa shape index (κ2) is 4.60. The van der Waals surface area contributed by atoms with Gasteiger partial charge in [0.05, 0.1) is 24.6 Å². The Kier molecular flexibility index (Phi) is 2.99. The minimum atomic E-state index is -1.10. The van der Waals surface area contributed by atoms with Crippen LogP contribution in [0.4, 0.5) is 5.82 Å². The van der Waals surface area contributed by atoms with Crippen molar-refractivity contribution in [3.8, 4) is 0 Å². The molecule has 0 aliphatic heterocycles. The number of hydrogen-bond acceptors (Lipinski definition) is 5. The first-order chi connectivity index (χ1) is 8.15. The van der Waals surface area contributed by atoms with Gasteiger partial charge in [-0.05, 0) is 6.07 Å². The van der Waals surface area contributed by atoms with Gasteiger partial charge in [0.15, 0.2) is 5.69 Å². The lowest BCUT2D eigenvalue weighted by Crippen LogP contribution is -2.07. The number of carboxylic acids is 1. The molecule has 7 heteroatoms. The van der Waals surface area contributed by atoms with E-state index in [0.29, 0.717) is 12.4 Å². The van der Waals surface area contributed by atoms with E-state index in [2.05, 4.69) is 20.4 Å². The Bertz CT molecular complexity index is 537. The summed E-state index contributed by atoms with van der Waals surface area (Å²) >= 11 is 0. The number of aromatic carboxylic acids is 1. The average molecular weight is 233 g/mol. The predicted octanol–water partition coefficient (Wildman–Crippen LogP) is 0.520. The molecule has 0 saturated heterocycles. The van der Waals surface area contributed by atoms with Gasteiger partial charge in [-0.25, -0.2) is 9.78 Å². The molecule has 2 aromatic rings. The van der Waals surface area contributed by atoms with Crippen molar-refractivity contribution in [1.82, 2.24) is 19.7 Å². The monoisotopic (exact) mass is 233 g/mol. The number of carboxylic acid groups (broad SMARTS) is 1. The van der Waals surface area contributed by atoms with Gasteiger partial charge in [0.25, 0.3) is 0 Å². The predicted molar refractivity (Wildman–Crippen MR) is 59.5 cm³/mol. The standard InChI is InChI=1S/C10H11N5O2/c1-15-3-2-7(14-15)4-12-9-6-11-5-8(13-9)10(16)17/h2-3,5-6H,4H2,1H3,(H,12,13)(H,16,17).